The molecule has 1 fully saturated rings. The third-order valence-electron chi connectivity index (χ3n) is 5.35. The predicted octanol–water partition coefficient (Wildman–Crippen LogP) is 1.74. The maximum atomic E-state index is 12.8. The Labute approximate surface area is 158 Å². The number of aliphatic hydroxyl groups is 1. The maximum absolute atomic E-state index is 12.8. The smallest absolute Gasteiger partial charge is 0.256 e. The number of nitrogens with one attached hydrogen (secondary N) is 2. The fourth-order valence-corrected chi connectivity index (χ4v) is 3.54. The minimum absolute atomic E-state index is 0.355. The Morgan fingerprint density at radius 3 is 2.67 bits per heavy atom. The van der Waals surface area contributed by atoms with Crippen LogP contribution in [-0.2, 0) is 11.3 Å². The van der Waals surface area contributed by atoms with Crippen molar-refractivity contribution in [2.24, 2.45) is 5.73 Å². The lowest BCUT2D eigenvalue weighted by Crippen LogP contribution is -2.57. The molecule has 5 N–H and O–H groups in total. The average molecular weight is 373 g/mol. The lowest BCUT2D eigenvalue weighted by atomic mass is 10.0. The summed E-state index contributed by atoms with van der Waals surface area (Å²) < 4.78 is 5.70. The van der Waals surface area contributed by atoms with Gasteiger partial charge >= 0.3 is 0 Å². The molecular weight excluding hydrogens is 346 g/mol. The van der Waals surface area contributed by atoms with Gasteiger partial charge in [-0.05, 0) is 44.4 Å². The summed E-state index contributed by atoms with van der Waals surface area (Å²) in [4.78, 5) is 24.4. The van der Waals surface area contributed by atoms with Crippen molar-refractivity contribution in [2.45, 2.75) is 57.7 Å². The van der Waals surface area contributed by atoms with E-state index in [4.69, 9.17) is 10.2 Å². The highest BCUT2D eigenvalue weighted by Crippen LogP contribution is 2.27. The number of nitrogens with two attached hydrogens (primary N) is 1. The number of aliphatic hydroxyl groups excluding tert-OH is 1. The molecular formula is C20H27N3O4. The largest absolute Gasteiger partial charge is 0.461 e. The molecule has 1 aliphatic rings. The first-order chi connectivity index (χ1) is 12.8. The van der Waals surface area contributed by atoms with E-state index >= 15 is 0 Å². The number of fused-ring (bicyclic) bond motifs is 1. The van der Waals surface area contributed by atoms with Crippen molar-refractivity contribution in [3.05, 3.63) is 35.1 Å². The van der Waals surface area contributed by atoms with Crippen LogP contribution in [0.3, 0.4) is 0 Å². The summed E-state index contributed by atoms with van der Waals surface area (Å²) in [6.07, 6.45) is 4.94. The van der Waals surface area contributed by atoms with Crippen molar-refractivity contribution in [3.63, 3.8) is 0 Å². The number of rotatable bonds is 7. The molecule has 1 aromatic carbocycles. The number of carbonyl (C=O) groups is 2. The standard InChI is InChI=1S/C20H27N3O4/c1-12-17(18(25)23-20(2,11-24)19(21)26)15-9-13(7-8-16(15)27-12)10-22-14-5-3-4-6-14/h7-9,14,22,24H,3-6,10-11H2,1-2H3,(H2,21,26)(H,23,25)/t20-/m0/s1. The minimum atomic E-state index is -1.53. The normalized spacial score (nSPS) is 17.1. The van der Waals surface area contributed by atoms with E-state index in [1.54, 1.807) is 6.92 Å². The number of carbonyl (C=O) groups excluding carboxylic acids is 2. The molecule has 1 saturated carbocycles. The summed E-state index contributed by atoms with van der Waals surface area (Å²) in [6, 6.07) is 6.32. The number of furan rings is 1. The van der Waals surface area contributed by atoms with E-state index in [0.717, 1.165) is 12.1 Å². The van der Waals surface area contributed by atoms with E-state index in [-0.39, 0.29) is 0 Å². The molecule has 0 bridgehead atoms. The Morgan fingerprint density at radius 1 is 1.33 bits per heavy atom. The van der Waals surface area contributed by atoms with Gasteiger partial charge in [0.15, 0.2) is 0 Å². The number of hydrogen-bond donors (Lipinski definition) is 4. The van der Waals surface area contributed by atoms with Crippen molar-refractivity contribution in [1.82, 2.24) is 10.6 Å². The highest BCUT2D eigenvalue weighted by atomic mass is 16.3. The third kappa shape index (κ3) is 3.99. The van der Waals surface area contributed by atoms with E-state index in [1.807, 2.05) is 18.2 Å². The fourth-order valence-electron chi connectivity index (χ4n) is 3.54. The molecule has 1 heterocycles. The summed E-state index contributed by atoms with van der Waals surface area (Å²) in [5.41, 5.74) is 5.80. The van der Waals surface area contributed by atoms with E-state index in [9.17, 15) is 14.7 Å². The van der Waals surface area contributed by atoms with Gasteiger partial charge in [-0.3, -0.25) is 9.59 Å². The van der Waals surface area contributed by atoms with Crippen LogP contribution >= 0.6 is 0 Å². The zero-order valence-electron chi connectivity index (χ0n) is 15.8. The highest BCUT2D eigenvalue weighted by molar-refractivity contribution is 6.09. The van der Waals surface area contributed by atoms with Gasteiger partial charge in [0.2, 0.25) is 5.91 Å². The third-order valence-corrected chi connectivity index (χ3v) is 5.35. The average Bonchev–Trinajstić information content (AvgIpc) is 3.25. The first kappa shape index (κ1) is 19.4. The molecule has 2 amide bonds. The van der Waals surface area contributed by atoms with Crippen molar-refractivity contribution >= 4 is 22.8 Å². The van der Waals surface area contributed by atoms with Crippen LogP contribution in [0.15, 0.2) is 22.6 Å². The first-order valence-corrected chi connectivity index (χ1v) is 9.33. The summed E-state index contributed by atoms with van der Waals surface area (Å²) in [5.74, 6) is -0.846. The molecule has 0 saturated heterocycles. The molecule has 7 nitrogen and oxygen atoms in total. The van der Waals surface area contributed by atoms with Crippen molar-refractivity contribution in [3.8, 4) is 0 Å². The molecule has 1 atom stereocenters. The van der Waals surface area contributed by atoms with Crippen LogP contribution in [0.2, 0.25) is 0 Å². The summed E-state index contributed by atoms with van der Waals surface area (Å²) >= 11 is 0. The van der Waals surface area contributed by atoms with Crippen LogP contribution in [0.1, 0.15) is 54.3 Å². The molecule has 146 valence electrons. The van der Waals surface area contributed by atoms with Gasteiger partial charge in [-0.15, -0.1) is 0 Å². The Balaban J connectivity index is 1.85. The zero-order chi connectivity index (χ0) is 19.6. The molecule has 1 aliphatic carbocycles. The number of primary amides is 1. The molecule has 0 radical (unpaired) electrons. The van der Waals surface area contributed by atoms with Crippen LogP contribution in [0.5, 0.6) is 0 Å². The van der Waals surface area contributed by atoms with E-state index < -0.39 is 24.0 Å². The SMILES string of the molecule is Cc1oc2ccc(CNC3CCCC3)cc2c1C(=O)N[C@@](C)(CO)C(N)=O. The number of benzene rings is 1. The van der Waals surface area contributed by atoms with E-state index in [2.05, 4.69) is 10.6 Å². The summed E-state index contributed by atoms with van der Waals surface area (Å²) in [5, 5.41) is 16.2. The second kappa shape index (κ2) is 7.70. The molecule has 7 heteroatoms. The van der Waals surface area contributed by atoms with Crippen LogP contribution in [0, 0.1) is 6.92 Å². The Kier molecular flexibility index (Phi) is 5.53. The molecule has 27 heavy (non-hydrogen) atoms. The van der Waals surface area contributed by atoms with Crippen LogP contribution in [-0.4, -0.2) is 35.1 Å². The quantitative estimate of drug-likeness (QED) is 0.590. The summed E-state index contributed by atoms with van der Waals surface area (Å²) in [6.45, 7) is 3.23. The van der Waals surface area contributed by atoms with Crippen LogP contribution < -0.4 is 16.4 Å². The van der Waals surface area contributed by atoms with Gasteiger partial charge in [0, 0.05) is 18.0 Å². The van der Waals surface area contributed by atoms with Crippen molar-refractivity contribution in [1.29, 1.82) is 0 Å². The Hall–Kier alpha value is -2.38. The Morgan fingerprint density at radius 2 is 2.04 bits per heavy atom. The monoisotopic (exact) mass is 373 g/mol. The number of hydrogen-bond acceptors (Lipinski definition) is 5. The lowest BCUT2D eigenvalue weighted by Gasteiger charge is -2.24. The summed E-state index contributed by atoms with van der Waals surface area (Å²) in [7, 11) is 0. The molecule has 3 rings (SSSR count). The molecule has 0 unspecified atom stereocenters. The van der Waals surface area contributed by atoms with Gasteiger partial charge in [-0.2, -0.15) is 0 Å². The predicted molar refractivity (Wildman–Crippen MR) is 102 cm³/mol. The van der Waals surface area contributed by atoms with Gasteiger partial charge in [0.05, 0.1) is 12.2 Å². The first-order valence-electron chi connectivity index (χ1n) is 9.33. The topological polar surface area (TPSA) is 118 Å². The van der Waals surface area contributed by atoms with Crippen LogP contribution in [0.4, 0.5) is 0 Å². The number of amides is 2. The van der Waals surface area contributed by atoms with Gasteiger partial charge in [-0.25, -0.2) is 0 Å². The van der Waals surface area contributed by atoms with Crippen molar-refractivity contribution < 1.29 is 19.1 Å². The fraction of sp³-hybridized carbons (Fsp3) is 0.500. The highest BCUT2D eigenvalue weighted by Gasteiger charge is 2.34. The molecule has 0 aliphatic heterocycles. The number of aryl methyl sites for hydroxylation is 1. The van der Waals surface area contributed by atoms with Gasteiger partial charge in [-0.1, -0.05) is 18.9 Å². The molecule has 2 aromatic rings. The zero-order valence-corrected chi connectivity index (χ0v) is 15.8. The Bertz CT molecular complexity index is 854. The minimum Gasteiger partial charge on any atom is -0.461 e. The van der Waals surface area contributed by atoms with Gasteiger partial charge in [0.1, 0.15) is 16.9 Å². The molecule has 0 spiro atoms. The maximum Gasteiger partial charge on any atom is 0.256 e. The van der Waals surface area contributed by atoms with Gasteiger partial charge in [0.25, 0.3) is 5.91 Å². The second-order valence-corrected chi connectivity index (χ2v) is 7.53. The second-order valence-electron chi connectivity index (χ2n) is 7.53. The lowest BCUT2D eigenvalue weighted by molar-refractivity contribution is -0.124. The van der Waals surface area contributed by atoms with Crippen LogP contribution in [0.25, 0.3) is 11.0 Å². The van der Waals surface area contributed by atoms with E-state index in [1.165, 1.54) is 32.6 Å². The van der Waals surface area contributed by atoms with Crippen molar-refractivity contribution in [2.75, 3.05) is 6.61 Å². The van der Waals surface area contributed by atoms with Gasteiger partial charge < -0.3 is 25.9 Å². The molecule has 1 aromatic heterocycles. The van der Waals surface area contributed by atoms with E-state index in [0.29, 0.717) is 28.3 Å².